The fourth-order valence-electron chi connectivity index (χ4n) is 2.39. The number of amides is 1. The van der Waals surface area contributed by atoms with Crippen molar-refractivity contribution in [3.8, 4) is 17.6 Å². The molecule has 0 saturated carbocycles. The molecule has 0 spiro atoms. The molecular weight excluding hydrogens is 331 g/mol. The summed E-state index contributed by atoms with van der Waals surface area (Å²) in [6.45, 7) is 2.01. The second-order valence-electron chi connectivity index (χ2n) is 5.50. The summed E-state index contributed by atoms with van der Waals surface area (Å²) in [7, 11) is 0. The van der Waals surface area contributed by atoms with Gasteiger partial charge in [-0.25, -0.2) is 4.98 Å². The van der Waals surface area contributed by atoms with E-state index in [9.17, 15) is 9.18 Å². The lowest BCUT2D eigenvalue weighted by Crippen LogP contribution is -2.11. The Labute approximate surface area is 151 Å². The lowest BCUT2D eigenvalue weighted by Gasteiger charge is -2.08. The number of anilines is 1. The SMILES string of the molecule is CCC#CCOc1cc2cc(C(=O)Nc3ccccc3)ccc2nc1F. The molecule has 26 heavy (non-hydrogen) atoms. The Balaban J connectivity index is 1.84. The van der Waals surface area contributed by atoms with Crippen LogP contribution in [0.1, 0.15) is 23.7 Å². The molecule has 0 unspecified atom stereocenters. The van der Waals surface area contributed by atoms with Gasteiger partial charge in [0, 0.05) is 23.1 Å². The third-order valence-electron chi connectivity index (χ3n) is 3.63. The average Bonchev–Trinajstić information content (AvgIpc) is 2.66. The van der Waals surface area contributed by atoms with Gasteiger partial charge in [-0.1, -0.05) is 31.0 Å². The Morgan fingerprint density at radius 1 is 1.15 bits per heavy atom. The summed E-state index contributed by atoms with van der Waals surface area (Å²) in [5.41, 5.74) is 1.60. The van der Waals surface area contributed by atoms with Gasteiger partial charge in [0.25, 0.3) is 11.9 Å². The number of ether oxygens (including phenoxy) is 1. The number of nitrogens with one attached hydrogen (secondary N) is 1. The summed E-state index contributed by atoms with van der Waals surface area (Å²) >= 11 is 0. The molecule has 4 nitrogen and oxygen atoms in total. The maximum atomic E-state index is 14.0. The summed E-state index contributed by atoms with van der Waals surface area (Å²) < 4.78 is 19.3. The van der Waals surface area contributed by atoms with Crippen molar-refractivity contribution in [2.24, 2.45) is 0 Å². The first-order valence-corrected chi connectivity index (χ1v) is 8.22. The number of pyridine rings is 1. The molecule has 1 aromatic heterocycles. The van der Waals surface area contributed by atoms with Crippen LogP contribution in [-0.4, -0.2) is 17.5 Å². The summed E-state index contributed by atoms with van der Waals surface area (Å²) in [5, 5.41) is 3.43. The average molecular weight is 348 g/mol. The minimum atomic E-state index is -0.697. The fraction of sp³-hybridized carbons (Fsp3) is 0.143. The number of nitrogens with zero attached hydrogens (tertiary/aromatic N) is 1. The van der Waals surface area contributed by atoms with E-state index in [0.29, 0.717) is 28.6 Å². The van der Waals surface area contributed by atoms with Crippen LogP contribution in [0.5, 0.6) is 5.75 Å². The predicted octanol–water partition coefficient (Wildman–Crippen LogP) is 4.42. The number of hydrogen-bond acceptors (Lipinski definition) is 3. The van der Waals surface area contributed by atoms with E-state index in [0.717, 1.165) is 0 Å². The molecule has 5 heteroatoms. The van der Waals surface area contributed by atoms with Crippen molar-refractivity contribution in [2.45, 2.75) is 13.3 Å². The van der Waals surface area contributed by atoms with Gasteiger partial charge in [-0.15, -0.1) is 5.92 Å². The topological polar surface area (TPSA) is 51.2 Å². The smallest absolute Gasteiger partial charge is 0.255 e. The van der Waals surface area contributed by atoms with Crippen molar-refractivity contribution in [3.63, 3.8) is 0 Å². The highest BCUT2D eigenvalue weighted by molar-refractivity contribution is 6.06. The van der Waals surface area contributed by atoms with E-state index in [1.165, 1.54) is 6.07 Å². The van der Waals surface area contributed by atoms with E-state index in [2.05, 4.69) is 22.1 Å². The minimum absolute atomic E-state index is 0.0171. The van der Waals surface area contributed by atoms with Gasteiger partial charge in [0.1, 0.15) is 6.61 Å². The molecule has 2 aromatic carbocycles. The zero-order valence-electron chi connectivity index (χ0n) is 14.3. The molecule has 0 bridgehead atoms. The van der Waals surface area contributed by atoms with Gasteiger partial charge in [0.2, 0.25) is 0 Å². The Morgan fingerprint density at radius 3 is 2.73 bits per heavy atom. The van der Waals surface area contributed by atoms with Crippen LogP contribution in [0.4, 0.5) is 10.1 Å². The summed E-state index contributed by atoms with van der Waals surface area (Å²) in [6.07, 6.45) is 0.710. The molecule has 130 valence electrons. The highest BCUT2D eigenvalue weighted by atomic mass is 19.1. The number of hydrogen-bond donors (Lipinski definition) is 1. The normalized spacial score (nSPS) is 10.1. The van der Waals surface area contributed by atoms with E-state index in [-0.39, 0.29) is 18.3 Å². The van der Waals surface area contributed by atoms with Crippen molar-refractivity contribution in [1.29, 1.82) is 0 Å². The second kappa shape index (κ2) is 8.13. The van der Waals surface area contributed by atoms with Gasteiger partial charge in [0.05, 0.1) is 5.52 Å². The standard InChI is InChI=1S/C21H17FN2O2/c1-2-3-7-12-26-19-14-16-13-15(10-11-18(16)24-20(19)22)21(25)23-17-8-5-4-6-9-17/h4-6,8-11,13-14H,2,12H2,1H3,(H,23,25). The maximum Gasteiger partial charge on any atom is 0.255 e. The third kappa shape index (κ3) is 4.17. The number of halogens is 1. The van der Waals surface area contributed by atoms with Crippen LogP contribution >= 0.6 is 0 Å². The van der Waals surface area contributed by atoms with Crippen LogP contribution in [0.2, 0.25) is 0 Å². The number of benzene rings is 2. The molecule has 0 aliphatic rings. The molecule has 0 atom stereocenters. The first-order valence-electron chi connectivity index (χ1n) is 8.22. The number of fused-ring (bicyclic) bond motifs is 1. The van der Waals surface area contributed by atoms with Crippen LogP contribution in [0.25, 0.3) is 10.9 Å². The number of rotatable bonds is 4. The molecule has 0 saturated heterocycles. The van der Waals surface area contributed by atoms with Gasteiger partial charge in [-0.05, 0) is 36.4 Å². The highest BCUT2D eigenvalue weighted by Crippen LogP contribution is 2.23. The summed E-state index contributed by atoms with van der Waals surface area (Å²) in [4.78, 5) is 16.3. The fourth-order valence-corrected chi connectivity index (χ4v) is 2.39. The van der Waals surface area contributed by atoms with E-state index < -0.39 is 5.95 Å². The Kier molecular flexibility index (Phi) is 5.45. The molecule has 1 N–H and O–H groups in total. The molecule has 3 rings (SSSR count). The first-order chi connectivity index (χ1) is 12.7. The van der Waals surface area contributed by atoms with Gasteiger partial charge in [-0.3, -0.25) is 4.79 Å². The van der Waals surface area contributed by atoms with Gasteiger partial charge >= 0.3 is 0 Å². The van der Waals surface area contributed by atoms with Gasteiger partial charge in [-0.2, -0.15) is 4.39 Å². The zero-order valence-corrected chi connectivity index (χ0v) is 14.3. The molecule has 3 aromatic rings. The van der Waals surface area contributed by atoms with Crippen molar-refractivity contribution < 1.29 is 13.9 Å². The van der Waals surface area contributed by atoms with E-state index in [1.807, 2.05) is 25.1 Å². The summed E-state index contributed by atoms with van der Waals surface area (Å²) in [5.74, 6) is 4.71. The first kappa shape index (κ1) is 17.4. The maximum absolute atomic E-state index is 14.0. The lowest BCUT2D eigenvalue weighted by atomic mass is 10.1. The second-order valence-corrected chi connectivity index (χ2v) is 5.50. The number of carbonyl (C=O) groups excluding carboxylic acids is 1. The van der Waals surface area contributed by atoms with Crippen LogP contribution in [0.15, 0.2) is 54.6 Å². The largest absolute Gasteiger partial charge is 0.476 e. The summed E-state index contributed by atoms with van der Waals surface area (Å²) in [6, 6.07) is 15.6. The lowest BCUT2D eigenvalue weighted by molar-refractivity contribution is 0.102. The number of para-hydroxylation sites is 1. The molecular formula is C21H17FN2O2. The van der Waals surface area contributed by atoms with Gasteiger partial charge in [0.15, 0.2) is 5.75 Å². The number of aromatic nitrogens is 1. The Morgan fingerprint density at radius 2 is 1.96 bits per heavy atom. The van der Waals surface area contributed by atoms with Crippen molar-refractivity contribution in [1.82, 2.24) is 4.98 Å². The number of carbonyl (C=O) groups is 1. The van der Waals surface area contributed by atoms with Crippen molar-refractivity contribution in [3.05, 3.63) is 66.1 Å². The zero-order chi connectivity index (χ0) is 18.4. The minimum Gasteiger partial charge on any atom is -0.476 e. The van der Waals surface area contributed by atoms with Crippen LogP contribution in [0, 0.1) is 17.8 Å². The molecule has 0 fully saturated rings. The van der Waals surface area contributed by atoms with Gasteiger partial charge < -0.3 is 10.1 Å². The molecule has 1 heterocycles. The van der Waals surface area contributed by atoms with E-state index in [1.54, 1.807) is 30.3 Å². The van der Waals surface area contributed by atoms with Crippen LogP contribution in [-0.2, 0) is 0 Å². The van der Waals surface area contributed by atoms with E-state index in [4.69, 9.17) is 4.74 Å². The van der Waals surface area contributed by atoms with Crippen molar-refractivity contribution >= 4 is 22.5 Å². The quantitative estimate of drug-likeness (QED) is 0.561. The van der Waals surface area contributed by atoms with Crippen LogP contribution < -0.4 is 10.1 Å². The van der Waals surface area contributed by atoms with Crippen LogP contribution in [0.3, 0.4) is 0 Å². The van der Waals surface area contributed by atoms with Crippen molar-refractivity contribution in [2.75, 3.05) is 11.9 Å². The Hall–Kier alpha value is -3.39. The Bertz CT molecular complexity index is 991. The highest BCUT2D eigenvalue weighted by Gasteiger charge is 2.11. The predicted molar refractivity (Wildman–Crippen MR) is 99.7 cm³/mol. The molecule has 0 aliphatic heterocycles. The monoisotopic (exact) mass is 348 g/mol. The molecule has 1 amide bonds. The third-order valence-corrected chi connectivity index (χ3v) is 3.63. The molecule has 0 aliphatic carbocycles. The molecule has 0 radical (unpaired) electrons. The van der Waals surface area contributed by atoms with E-state index >= 15 is 0 Å².